The number of hydrogen-bond acceptors (Lipinski definition) is 1. The fraction of sp³-hybridized carbons (Fsp3) is 0.333. The molecule has 0 aliphatic carbocycles. The first-order chi connectivity index (χ1) is 10.3. The number of aryl methyl sites for hydroxylation is 2. The Kier molecular flexibility index (Phi) is 3.74. The van der Waals surface area contributed by atoms with E-state index in [1.54, 1.807) is 0 Å². The smallest absolute Gasteiger partial charge is 0.130 e. The molecule has 2 heterocycles. The van der Waals surface area contributed by atoms with E-state index >= 15 is 0 Å². The molecule has 0 amide bonds. The molecule has 0 bridgehead atoms. The average molecular weight is 316 g/mol. The number of fused-ring (bicyclic) bond motifs is 2. The van der Waals surface area contributed by atoms with Crippen molar-refractivity contribution >= 4 is 22.1 Å². The number of rotatable bonds is 1. The van der Waals surface area contributed by atoms with Gasteiger partial charge in [-0.3, -0.25) is 0 Å². The highest BCUT2D eigenvalue weighted by Crippen LogP contribution is 2.45. The zero-order chi connectivity index (χ0) is 14.2. The molecule has 0 radical (unpaired) electrons. The second-order valence-electron chi connectivity index (χ2n) is 5.93. The Morgan fingerprint density at radius 3 is 2.62 bits per heavy atom. The summed E-state index contributed by atoms with van der Waals surface area (Å²) in [5, 5.41) is 0. The summed E-state index contributed by atoms with van der Waals surface area (Å²) in [6, 6.07) is 15.9. The molecule has 2 unspecified atom stereocenters. The van der Waals surface area contributed by atoms with E-state index in [-0.39, 0.29) is 10.9 Å². The summed E-state index contributed by atoms with van der Waals surface area (Å²) in [6.07, 6.45) is 2.20. The largest absolute Gasteiger partial charge is 0.616 e. The van der Waals surface area contributed by atoms with E-state index in [1.165, 1.54) is 45.1 Å². The molecule has 110 valence electrons. The van der Waals surface area contributed by atoms with Gasteiger partial charge in [0.1, 0.15) is 11.5 Å². The molecule has 0 aromatic heterocycles. The molecular formula is C18H20OS2. The second kappa shape index (κ2) is 5.71. The van der Waals surface area contributed by atoms with E-state index in [4.69, 9.17) is 0 Å². The fourth-order valence-electron chi connectivity index (χ4n) is 3.37. The molecule has 0 spiro atoms. The minimum absolute atomic E-state index is 0.0819. The van der Waals surface area contributed by atoms with Gasteiger partial charge in [-0.05, 0) is 57.1 Å². The third-order valence-corrected chi connectivity index (χ3v) is 8.39. The number of hydrogen-bond donors (Lipinski definition) is 1. The summed E-state index contributed by atoms with van der Waals surface area (Å²) in [4.78, 5) is 1.51. The Balaban J connectivity index is 1.62. The van der Waals surface area contributed by atoms with E-state index in [0.29, 0.717) is 0 Å². The molecule has 1 nitrogen and oxygen atoms in total. The molecule has 4 rings (SSSR count). The third-order valence-electron chi connectivity index (χ3n) is 4.60. The van der Waals surface area contributed by atoms with Crippen molar-refractivity contribution in [2.75, 3.05) is 11.5 Å². The molecule has 2 aliphatic rings. The van der Waals surface area contributed by atoms with Crippen LogP contribution in [0.15, 0.2) is 47.4 Å². The van der Waals surface area contributed by atoms with Crippen LogP contribution in [0.3, 0.4) is 0 Å². The normalized spacial score (nSPS) is 26.0. The molecule has 2 aromatic rings. The van der Waals surface area contributed by atoms with Crippen molar-refractivity contribution in [2.45, 2.75) is 29.2 Å². The van der Waals surface area contributed by atoms with Crippen LogP contribution >= 0.6 is 10.9 Å². The van der Waals surface area contributed by atoms with E-state index in [2.05, 4.69) is 42.5 Å². The fourth-order valence-corrected chi connectivity index (χ4v) is 7.03. The molecule has 21 heavy (non-hydrogen) atoms. The first-order valence-electron chi connectivity index (χ1n) is 7.58. The Morgan fingerprint density at radius 1 is 0.905 bits per heavy atom. The zero-order valence-corrected chi connectivity index (χ0v) is 13.8. The number of benzene rings is 2. The van der Waals surface area contributed by atoms with Crippen molar-refractivity contribution in [3.63, 3.8) is 0 Å². The summed E-state index contributed by atoms with van der Waals surface area (Å²) < 4.78 is 11.8. The van der Waals surface area contributed by atoms with Crippen molar-refractivity contribution in [2.24, 2.45) is 0 Å². The van der Waals surface area contributed by atoms with Crippen molar-refractivity contribution < 1.29 is 4.55 Å². The van der Waals surface area contributed by atoms with E-state index in [1.807, 2.05) is 0 Å². The maximum Gasteiger partial charge on any atom is 0.130 e. The van der Waals surface area contributed by atoms with Gasteiger partial charge >= 0.3 is 0 Å². The van der Waals surface area contributed by atoms with Gasteiger partial charge in [-0.2, -0.15) is 0 Å². The van der Waals surface area contributed by atoms with Gasteiger partial charge in [-0.25, -0.2) is 10.9 Å². The predicted molar refractivity (Wildman–Crippen MR) is 92.8 cm³/mol. The Morgan fingerprint density at radius 2 is 1.71 bits per heavy atom. The van der Waals surface area contributed by atoms with Crippen LogP contribution in [-0.4, -0.2) is 16.1 Å². The van der Waals surface area contributed by atoms with Crippen molar-refractivity contribution in [3.8, 4) is 0 Å². The molecule has 0 fully saturated rings. The summed E-state index contributed by atoms with van der Waals surface area (Å²) >= 11 is -0.644. The summed E-state index contributed by atoms with van der Waals surface area (Å²) in [7, 11) is -0.0819. The standard InChI is InChI=1S/C18H20OS2/c19-21-10-8-15-5-6-18(11-17(15)13-21)20-9-7-14-3-1-2-4-16(14)12-20/h1-6,11,20H,7-10,12-13H2. The second-order valence-corrected chi connectivity index (χ2v) is 9.87. The monoisotopic (exact) mass is 316 g/mol. The Hall–Kier alpha value is -0.900. The lowest BCUT2D eigenvalue weighted by Gasteiger charge is -2.30. The molecule has 0 N–H and O–H groups in total. The highest BCUT2D eigenvalue weighted by Gasteiger charge is 2.22. The molecule has 0 saturated carbocycles. The Bertz CT molecular complexity index is 668. The molecule has 2 aromatic carbocycles. The van der Waals surface area contributed by atoms with Crippen molar-refractivity contribution in [1.29, 1.82) is 0 Å². The number of thiol groups is 1. The summed E-state index contributed by atoms with van der Waals surface area (Å²) in [5.41, 5.74) is 5.84. The van der Waals surface area contributed by atoms with Crippen LogP contribution in [0.5, 0.6) is 0 Å². The molecule has 3 heteroatoms. The zero-order valence-electron chi connectivity index (χ0n) is 12.0. The topological polar surface area (TPSA) is 23.1 Å². The summed E-state index contributed by atoms with van der Waals surface area (Å²) in [5.74, 6) is 4.12. The lowest BCUT2D eigenvalue weighted by atomic mass is 10.1. The molecular weight excluding hydrogens is 296 g/mol. The first-order valence-corrected chi connectivity index (χ1v) is 10.8. The van der Waals surface area contributed by atoms with Gasteiger partial charge < -0.3 is 4.55 Å². The van der Waals surface area contributed by atoms with E-state index in [9.17, 15) is 4.55 Å². The highest BCUT2D eigenvalue weighted by atomic mass is 32.2. The van der Waals surface area contributed by atoms with Gasteiger partial charge in [0.05, 0.1) is 0 Å². The van der Waals surface area contributed by atoms with Gasteiger partial charge in [0.2, 0.25) is 0 Å². The maximum absolute atomic E-state index is 11.8. The van der Waals surface area contributed by atoms with Gasteiger partial charge in [0.25, 0.3) is 0 Å². The Labute approximate surface area is 132 Å². The van der Waals surface area contributed by atoms with E-state index < -0.39 is 11.2 Å². The minimum Gasteiger partial charge on any atom is -0.616 e. The molecule has 2 aliphatic heterocycles. The van der Waals surface area contributed by atoms with Crippen LogP contribution in [0.2, 0.25) is 0 Å². The van der Waals surface area contributed by atoms with Gasteiger partial charge in [0, 0.05) is 17.7 Å². The minimum atomic E-state index is -0.644. The van der Waals surface area contributed by atoms with Crippen molar-refractivity contribution in [3.05, 3.63) is 64.7 Å². The quantitative estimate of drug-likeness (QED) is 0.630. The average Bonchev–Trinajstić information content (AvgIpc) is 2.53. The van der Waals surface area contributed by atoms with Crippen LogP contribution in [-0.2, 0) is 35.5 Å². The van der Waals surface area contributed by atoms with Crippen LogP contribution < -0.4 is 0 Å². The highest BCUT2D eigenvalue weighted by molar-refractivity contribution is 8.16. The van der Waals surface area contributed by atoms with Crippen LogP contribution in [0.4, 0.5) is 0 Å². The third kappa shape index (κ3) is 2.75. The molecule has 0 saturated heterocycles. The van der Waals surface area contributed by atoms with Crippen molar-refractivity contribution in [1.82, 2.24) is 0 Å². The van der Waals surface area contributed by atoms with Gasteiger partial charge in [0.15, 0.2) is 0 Å². The lowest BCUT2D eigenvalue weighted by Crippen LogP contribution is -2.19. The first kappa shape index (κ1) is 13.7. The van der Waals surface area contributed by atoms with Gasteiger partial charge in [-0.15, -0.1) is 0 Å². The maximum atomic E-state index is 11.8. The predicted octanol–water partition coefficient (Wildman–Crippen LogP) is 3.61. The van der Waals surface area contributed by atoms with E-state index in [0.717, 1.165) is 17.9 Å². The lowest BCUT2D eigenvalue weighted by molar-refractivity contribution is 0.590. The van der Waals surface area contributed by atoms with Crippen LogP contribution in [0.1, 0.15) is 22.3 Å². The van der Waals surface area contributed by atoms with Crippen LogP contribution in [0.25, 0.3) is 0 Å². The SMILES string of the molecule is [O-][S+]1CCc2ccc([SH]3CCc4ccccc4C3)cc2C1. The summed E-state index contributed by atoms with van der Waals surface area (Å²) in [6.45, 7) is 0. The van der Waals surface area contributed by atoms with Gasteiger partial charge in [-0.1, -0.05) is 30.3 Å². The molecule has 2 atom stereocenters. The van der Waals surface area contributed by atoms with Crippen LogP contribution in [0, 0.1) is 0 Å².